The maximum Gasteiger partial charge on any atom is 0.256 e. The fraction of sp³-hybridized carbons (Fsp3) is 0. The van der Waals surface area contributed by atoms with Gasteiger partial charge in [0.05, 0.1) is 0 Å². The third-order valence-corrected chi connectivity index (χ3v) is 2.93. The summed E-state index contributed by atoms with van der Waals surface area (Å²) in [5, 5.41) is 10.8. The number of rotatable bonds is 1. The average molecular weight is 237 g/mol. The molecule has 0 saturated heterocycles. The predicted octanol–water partition coefficient (Wildman–Crippen LogP) is 2.90. The van der Waals surface area contributed by atoms with Crippen LogP contribution in [0.15, 0.2) is 59.4 Å². The minimum Gasteiger partial charge on any atom is -0.508 e. The minimum absolute atomic E-state index is 0.101. The molecule has 2 aromatic carbocycles. The largest absolute Gasteiger partial charge is 0.508 e. The zero-order valence-electron chi connectivity index (χ0n) is 9.55. The highest BCUT2D eigenvalue weighted by Crippen LogP contribution is 2.21. The van der Waals surface area contributed by atoms with Crippen LogP contribution < -0.4 is 5.56 Å². The van der Waals surface area contributed by atoms with E-state index in [9.17, 15) is 9.90 Å². The highest BCUT2D eigenvalue weighted by molar-refractivity contribution is 5.84. The number of phenols is 1. The molecule has 3 heteroatoms. The first kappa shape index (κ1) is 10.6. The molecular formula is C15H11NO2. The molecule has 3 nitrogen and oxygen atoms in total. The van der Waals surface area contributed by atoms with Gasteiger partial charge >= 0.3 is 0 Å². The average Bonchev–Trinajstić information content (AvgIpc) is 2.39. The van der Waals surface area contributed by atoms with Gasteiger partial charge in [0.25, 0.3) is 5.56 Å². The van der Waals surface area contributed by atoms with Gasteiger partial charge in [0.1, 0.15) is 5.75 Å². The number of aromatic nitrogens is 1. The molecule has 0 aliphatic heterocycles. The quantitative estimate of drug-likeness (QED) is 0.683. The van der Waals surface area contributed by atoms with Crippen molar-refractivity contribution in [3.8, 4) is 17.0 Å². The van der Waals surface area contributed by atoms with Crippen molar-refractivity contribution in [2.45, 2.75) is 0 Å². The number of aromatic hydroxyl groups is 1. The number of benzene rings is 2. The van der Waals surface area contributed by atoms with Crippen molar-refractivity contribution in [1.82, 2.24) is 4.98 Å². The molecule has 3 rings (SSSR count). The van der Waals surface area contributed by atoms with Crippen LogP contribution in [0.2, 0.25) is 0 Å². The summed E-state index contributed by atoms with van der Waals surface area (Å²) in [6, 6.07) is 16.1. The second kappa shape index (κ2) is 4.04. The molecule has 0 aliphatic carbocycles. The van der Waals surface area contributed by atoms with Crippen LogP contribution in [-0.2, 0) is 0 Å². The standard InChI is InChI=1S/C15H11NO2/c17-12-7-5-10(6-8-12)14-9-11-3-1-2-4-13(11)15(18)16-14/h1-9,17H,(H,16,18). The summed E-state index contributed by atoms with van der Waals surface area (Å²) in [6.07, 6.45) is 0. The minimum atomic E-state index is -0.101. The summed E-state index contributed by atoms with van der Waals surface area (Å²) in [7, 11) is 0. The Morgan fingerprint density at radius 1 is 0.944 bits per heavy atom. The van der Waals surface area contributed by atoms with E-state index in [-0.39, 0.29) is 11.3 Å². The number of pyridine rings is 1. The Bertz CT molecular complexity index is 757. The van der Waals surface area contributed by atoms with E-state index in [4.69, 9.17) is 0 Å². The lowest BCUT2D eigenvalue weighted by Gasteiger charge is -2.04. The second-order valence-corrected chi connectivity index (χ2v) is 4.15. The fourth-order valence-electron chi connectivity index (χ4n) is 2.01. The molecule has 0 unspecified atom stereocenters. The van der Waals surface area contributed by atoms with E-state index < -0.39 is 0 Å². The van der Waals surface area contributed by atoms with Gasteiger partial charge in [-0.25, -0.2) is 0 Å². The van der Waals surface area contributed by atoms with Crippen LogP contribution in [-0.4, -0.2) is 10.1 Å². The van der Waals surface area contributed by atoms with E-state index in [0.717, 1.165) is 16.6 Å². The van der Waals surface area contributed by atoms with Crippen LogP contribution in [0.3, 0.4) is 0 Å². The van der Waals surface area contributed by atoms with Crippen molar-refractivity contribution in [3.63, 3.8) is 0 Å². The molecule has 0 fully saturated rings. The topological polar surface area (TPSA) is 53.1 Å². The zero-order chi connectivity index (χ0) is 12.5. The predicted molar refractivity (Wildman–Crippen MR) is 71.7 cm³/mol. The van der Waals surface area contributed by atoms with Crippen molar-refractivity contribution >= 4 is 10.8 Å². The summed E-state index contributed by atoms with van der Waals surface area (Å²) in [5.41, 5.74) is 1.52. The third kappa shape index (κ3) is 1.76. The zero-order valence-corrected chi connectivity index (χ0v) is 9.55. The van der Waals surface area contributed by atoms with Gasteiger partial charge in [-0.3, -0.25) is 4.79 Å². The van der Waals surface area contributed by atoms with Crippen LogP contribution in [0.5, 0.6) is 5.75 Å². The summed E-state index contributed by atoms with van der Waals surface area (Å²) in [4.78, 5) is 14.8. The van der Waals surface area contributed by atoms with Crippen molar-refractivity contribution in [2.75, 3.05) is 0 Å². The van der Waals surface area contributed by atoms with Crippen molar-refractivity contribution < 1.29 is 5.11 Å². The molecule has 0 atom stereocenters. The summed E-state index contributed by atoms with van der Waals surface area (Å²) in [5.74, 6) is 0.210. The molecule has 3 aromatic rings. The van der Waals surface area contributed by atoms with Gasteiger partial charge in [-0.05, 0) is 47.3 Å². The second-order valence-electron chi connectivity index (χ2n) is 4.15. The van der Waals surface area contributed by atoms with Crippen molar-refractivity contribution in [3.05, 3.63) is 65.0 Å². The molecule has 0 bridgehead atoms. The van der Waals surface area contributed by atoms with E-state index in [0.29, 0.717) is 5.39 Å². The van der Waals surface area contributed by atoms with E-state index in [1.807, 2.05) is 24.3 Å². The Morgan fingerprint density at radius 2 is 1.67 bits per heavy atom. The van der Waals surface area contributed by atoms with Crippen LogP contribution in [0.25, 0.3) is 22.0 Å². The first-order valence-corrected chi connectivity index (χ1v) is 5.65. The molecule has 0 spiro atoms. The monoisotopic (exact) mass is 237 g/mol. The van der Waals surface area contributed by atoms with E-state index in [1.54, 1.807) is 30.3 Å². The fourth-order valence-corrected chi connectivity index (χ4v) is 2.01. The number of nitrogens with one attached hydrogen (secondary N) is 1. The lowest BCUT2D eigenvalue weighted by molar-refractivity contribution is 0.475. The van der Waals surface area contributed by atoms with Crippen molar-refractivity contribution in [1.29, 1.82) is 0 Å². The Balaban J connectivity index is 2.24. The molecule has 0 saturated carbocycles. The molecule has 0 aliphatic rings. The van der Waals surface area contributed by atoms with Crippen LogP contribution in [0.1, 0.15) is 0 Å². The van der Waals surface area contributed by atoms with Crippen molar-refractivity contribution in [2.24, 2.45) is 0 Å². The van der Waals surface area contributed by atoms with E-state index >= 15 is 0 Å². The number of fused-ring (bicyclic) bond motifs is 1. The van der Waals surface area contributed by atoms with Crippen LogP contribution in [0.4, 0.5) is 0 Å². The lowest BCUT2D eigenvalue weighted by Crippen LogP contribution is -2.06. The summed E-state index contributed by atoms with van der Waals surface area (Å²) < 4.78 is 0. The lowest BCUT2D eigenvalue weighted by atomic mass is 10.1. The van der Waals surface area contributed by atoms with Crippen LogP contribution in [0, 0.1) is 0 Å². The van der Waals surface area contributed by atoms with E-state index in [2.05, 4.69) is 4.98 Å². The third-order valence-electron chi connectivity index (χ3n) is 2.93. The van der Waals surface area contributed by atoms with Gasteiger partial charge in [0.2, 0.25) is 0 Å². The first-order valence-electron chi connectivity index (χ1n) is 5.65. The number of hydrogen-bond acceptors (Lipinski definition) is 2. The smallest absolute Gasteiger partial charge is 0.256 e. The Kier molecular flexibility index (Phi) is 2.38. The number of H-pyrrole nitrogens is 1. The Hall–Kier alpha value is -2.55. The number of phenolic OH excluding ortho intramolecular Hbond substituents is 1. The molecule has 2 N–H and O–H groups in total. The molecule has 18 heavy (non-hydrogen) atoms. The van der Waals surface area contributed by atoms with E-state index in [1.165, 1.54) is 0 Å². The van der Waals surface area contributed by atoms with Gasteiger partial charge in [0, 0.05) is 11.1 Å². The molecule has 88 valence electrons. The molecule has 0 radical (unpaired) electrons. The van der Waals surface area contributed by atoms with Gasteiger partial charge in [0.15, 0.2) is 0 Å². The van der Waals surface area contributed by atoms with Gasteiger partial charge in [-0.15, -0.1) is 0 Å². The molecule has 1 aromatic heterocycles. The van der Waals surface area contributed by atoms with Gasteiger partial charge < -0.3 is 10.1 Å². The molecule has 1 heterocycles. The normalized spacial score (nSPS) is 10.7. The summed E-state index contributed by atoms with van der Waals surface area (Å²) in [6.45, 7) is 0. The number of hydrogen-bond donors (Lipinski definition) is 2. The SMILES string of the molecule is O=c1[nH]c(-c2ccc(O)cc2)cc2ccccc12. The highest BCUT2D eigenvalue weighted by atomic mass is 16.3. The Morgan fingerprint density at radius 3 is 2.44 bits per heavy atom. The molecule has 0 amide bonds. The van der Waals surface area contributed by atoms with Gasteiger partial charge in [-0.1, -0.05) is 18.2 Å². The maximum absolute atomic E-state index is 11.9. The molecular weight excluding hydrogens is 226 g/mol. The maximum atomic E-state index is 11.9. The first-order chi connectivity index (χ1) is 8.74. The number of aromatic amines is 1. The Labute approximate surface area is 103 Å². The highest BCUT2D eigenvalue weighted by Gasteiger charge is 2.03. The van der Waals surface area contributed by atoms with Gasteiger partial charge in [-0.2, -0.15) is 0 Å². The summed E-state index contributed by atoms with van der Waals surface area (Å²) >= 11 is 0. The van der Waals surface area contributed by atoms with Crippen LogP contribution >= 0.6 is 0 Å².